The number of rotatable bonds is 2. The Kier molecular flexibility index (Phi) is 1.51. The van der Waals surface area contributed by atoms with Gasteiger partial charge in [0.25, 0.3) is 0 Å². The van der Waals surface area contributed by atoms with E-state index >= 15 is 0 Å². The van der Waals surface area contributed by atoms with Crippen LogP contribution in [0.3, 0.4) is 0 Å². The maximum Gasteiger partial charge on any atom is 0.319 e. The highest BCUT2D eigenvalue weighted by Crippen LogP contribution is 2.30. The van der Waals surface area contributed by atoms with E-state index in [0.29, 0.717) is 0 Å². The Bertz CT molecular complexity index is 177. The van der Waals surface area contributed by atoms with Gasteiger partial charge in [0.05, 0.1) is 0 Å². The normalized spacial score (nSPS) is 25.0. The lowest BCUT2D eigenvalue weighted by Crippen LogP contribution is -2.30. The molecule has 0 bridgehead atoms. The first-order valence-electron chi connectivity index (χ1n) is 4.27. The van der Waals surface area contributed by atoms with Crippen LogP contribution >= 0.6 is 0 Å². The van der Waals surface area contributed by atoms with E-state index < -0.39 is 0 Å². The molecule has 2 rings (SSSR count). The van der Waals surface area contributed by atoms with Gasteiger partial charge in [0.15, 0.2) is 0 Å². The summed E-state index contributed by atoms with van der Waals surface area (Å²) >= 11 is 0. The molecule has 2 amide bonds. The van der Waals surface area contributed by atoms with Gasteiger partial charge in [-0.1, -0.05) is 0 Å². The zero-order valence-electron chi connectivity index (χ0n) is 6.92. The molecule has 0 spiro atoms. The fourth-order valence-electron chi connectivity index (χ4n) is 1.48. The minimum Gasteiger partial charge on any atom is -0.326 e. The third-order valence-corrected chi connectivity index (χ3v) is 2.48. The van der Waals surface area contributed by atoms with E-state index in [-0.39, 0.29) is 6.03 Å². The number of carbonyl (C=O) groups excluding carboxylic acids is 1. The molecular formula is C8H14N2O. The lowest BCUT2D eigenvalue weighted by atomic mass is 10.4. The van der Waals surface area contributed by atoms with Crippen molar-refractivity contribution in [2.24, 2.45) is 5.92 Å². The average molecular weight is 154 g/mol. The molecule has 0 unspecified atom stereocenters. The molecule has 0 aromatic rings. The number of nitrogens with zero attached hydrogens (tertiary/aromatic N) is 2. The topological polar surface area (TPSA) is 23.6 Å². The van der Waals surface area contributed by atoms with E-state index in [4.69, 9.17) is 0 Å². The van der Waals surface area contributed by atoms with Crippen molar-refractivity contribution in [3.8, 4) is 0 Å². The zero-order chi connectivity index (χ0) is 7.84. The van der Waals surface area contributed by atoms with Crippen LogP contribution in [0.1, 0.15) is 12.8 Å². The molecule has 2 fully saturated rings. The van der Waals surface area contributed by atoms with Crippen LogP contribution in [0.15, 0.2) is 0 Å². The largest absolute Gasteiger partial charge is 0.326 e. The minimum atomic E-state index is 0.219. The summed E-state index contributed by atoms with van der Waals surface area (Å²) in [4.78, 5) is 15.1. The maximum absolute atomic E-state index is 11.3. The molecule has 62 valence electrons. The molecule has 1 heterocycles. The second-order valence-electron chi connectivity index (χ2n) is 3.59. The van der Waals surface area contributed by atoms with Crippen molar-refractivity contribution < 1.29 is 4.79 Å². The third kappa shape index (κ3) is 1.32. The van der Waals surface area contributed by atoms with Crippen LogP contribution in [0.25, 0.3) is 0 Å². The van der Waals surface area contributed by atoms with Gasteiger partial charge in [-0.05, 0) is 18.8 Å². The fraction of sp³-hybridized carbons (Fsp3) is 0.875. The lowest BCUT2D eigenvalue weighted by molar-refractivity contribution is 0.197. The summed E-state index contributed by atoms with van der Waals surface area (Å²) in [5.41, 5.74) is 0. The SMILES string of the molecule is CN1CCN(CC2CC2)C1=O. The van der Waals surface area contributed by atoms with Gasteiger partial charge in [0, 0.05) is 26.7 Å². The van der Waals surface area contributed by atoms with Crippen molar-refractivity contribution >= 4 is 6.03 Å². The van der Waals surface area contributed by atoms with Crippen molar-refractivity contribution in [3.05, 3.63) is 0 Å². The third-order valence-electron chi connectivity index (χ3n) is 2.48. The zero-order valence-corrected chi connectivity index (χ0v) is 6.92. The van der Waals surface area contributed by atoms with Crippen molar-refractivity contribution in [1.29, 1.82) is 0 Å². The van der Waals surface area contributed by atoms with Crippen LogP contribution in [-0.4, -0.2) is 42.5 Å². The maximum atomic E-state index is 11.3. The number of hydrogen-bond acceptors (Lipinski definition) is 1. The molecule has 1 aliphatic carbocycles. The molecule has 1 aliphatic heterocycles. The fourth-order valence-corrected chi connectivity index (χ4v) is 1.48. The quantitative estimate of drug-likeness (QED) is 0.576. The molecule has 3 heteroatoms. The summed E-state index contributed by atoms with van der Waals surface area (Å²) in [7, 11) is 1.87. The van der Waals surface area contributed by atoms with Crippen molar-refractivity contribution in [3.63, 3.8) is 0 Å². The Balaban J connectivity index is 1.88. The van der Waals surface area contributed by atoms with Crippen LogP contribution in [0.4, 0.5) is 4.79 Å². The molecule has 1 saturated heterocycles. The second-order valence-corrected chi connectivity index (χ2v) is 3.59. The van der Waals surface area contributed by atoms with Gasteiger partial charge < -0.3 is 9.80 Å². The number of hydrogen-bond donors (Lipinski definition) is 0. The monoisotopic (exact) mass is 154 g/mol. The van der Waals surface area contributed by atoms with E-state index in [1.165, 1.54) is 12.8 Å². The smallest absolute Gasteiger partial charge is 0.319 e. The highest BCUT2D eigenvalue weighted by atomic mass is 16.2. The van der Waals surface area contributed by atoms with Gasteiger partial charge in [0.1, 0.15) is 0 Å². The summed E-state index contributed by atoms with van der Waals surface area (Å²) in [6, 6.07) is 0.219. The first-order chi connectivity index (χ1) is 5.27. The van der Waals surface area contributed by atoms with Crippen molar-refractivity contribution in [2.75, 3.05) is 26.7 Å². The molecule has 0 aromatic carbocycles. The molecule has 0 aromatic heterocycles. The minimum absolute atomic E-state index is 0.219. The van der Waals surface area contributed by atoms with Crippen LogP contribution in [0, 0.1) is 5.92 Å². The van der Waals surface area contributed by atoms with Gasteiger partial charge in [-0.2, -0.15) is 0 Å². The average Bonchev–Trinajstić information content (AvgIpc) is 2.74. The van der Waals surface area contributed by atoms with Crippen LogP contribution < -0.4 is 0 Å². The predicted molar refractivity (Wildman–Crippen MR) is 42.3 cm³/mol. The highest BCUT2D eigenvalue weighted by Gasteiger charge is 2.31. The van der Waals surface area contributed by atoms with Crippen LogP contribution in [0.5, 0.6) is 0 Å². The Morgan fingerprint density at radius 1 is 1.45 bits per heavy atom. The molecule has 1 saturated carbocycles. The van der Waals surface area contributed by atoms with E-state index in [1.807, 2.05) is 11.9 Å². The van der Waals surface area contributed by atoms with Crippen molar-refractivity contribution in [2.45, 2.75) is 12.8 Å². The Labute approximate surface area is 67.0 Å². The molecule has 0 radical (unpaired) electrons. The van der Waals surface area contributed by atoms with Gasteiger partial charge in [-0.15, -0.1) is 0 Å². The van der Waals surface area contributed by atoms with E-state index in [9.17, 15) is 4.79 Å². The van der Waals surface area contributed by atoms with Crippen molar-refractivity contribution in [1.82, 2.24) is 9.80 Å². The molecule has 3 nitrogen and oxygen atoms in total. The Morgan fingerprint density at radius 2 is 2.18 bits per heavy atom. The summed E-state index contributed by atoms with van der Waals surface area (Å²) < 4.78 is 0. The van der Waals surface area contributed by atoms with Gasteiger partial charge in [-0.25, -0.2) is 4.79 Å². The molecule has 0 N–H and O–H groups in total. The van der Waals surface area contributed by atoms with E-state index in [2.05, 4.69) is 0 Å². The first-order valence-corrected chi connectivity index (χ1v) is 4.27. The summed E-state index contributed by atoms with van der Waals surface area (Å²) in [5, 5.41) is 0. The molecule has 0 atom stereocenters. The lowest BCUT2D eigenvalue weighted by Gasteiger charge is -2.14. The molecular weight excluding hydrogens is 140 g/mol. The van der Waals surface area contributed by atoms with E-state index in [1.54, 1.807) is 4.90 Å². The van der Waals surface area contributed by atoms with Gasteiger partial charge >= 0.3 is 6.03 Å². The highest BCUT2D eigenvalue weighted by molar-refractivity contribution is 5.76. The summed E-state index contributed by atoms with van der Waals surface area (Å²) in [5.74, 6) is 0.824. The number of carbonyl (C=O) groups is 1. The summed E-state index contributed by atoms with van der Waals surface area (Å²) in [6.45, 7) is 2.85. The number of likely N-dealkylation sites (N-methyl/N-ethyl adjacent to an activating group) is 1. The number of amides is 2. The van der Waals surface area contributed by atoms with Crippen LogP contribution in [0.2, 0.25) is 0 Å². The Morgan fingerprint density at radius 3 is 2.64 bits per heavy atom. The van der Waals surface area contributed by atoms with Crippen LogP contribution in [-0.2, 0) is 0 Å². The number of urea groups is 1. The van der Waals surface area contributed by atoms with E-state index in [0.717, 1.165) is 25.6 Å². The summed E-state index contributed by atoms with van der Waals surface area (Å²) in [6.07, 6.45) is 2.65. The first kappa shape index (κ1) is 6.95. The molecule has 11 heavy (non-hydrogen) atoms. The second kappa shape index (κ2) is 2.40. The van der Waals surface area contributed by atoms with Gasteiger partial charge in [-0.3, -0.25) is 0 Å². The predicted octanol–water partition coefficient (Wildman–Crippen LogP) is 0.764. The standard InChI is InChI=1S/C8H14N2O/c1-9-4-5-10(8(9)11)6-7-2-3-7/h7H,2-6H2,1H3. The Hall–Kier alpha value is -0.730. The molecule has 2 aliphatic rings. The van der Waals surface area contributed by atoms with Gasteiger partial charge in [0.2, 0.25) is 0 Å².